The number of aromatic nitrogens is 4. The molecule has 0 aliphatic rings. The minimum Gasteiger partial charge on any atom is -0.370 e. The predicted molar refractivity (Wildman–Crippen MR) is 80.8 cm³/mol. The molecule has 20 heavy (non-hydrogen) atoms. The second-order valence-electron chi connectivity index (χ2n) is 4.15. The van der Waals surface area contributed by atoms with Crippen molar-refractivity contribution in [3.8, 4) is 5.69 Å². The molecule has 0 unspecified atom stereocenters. The Morgan fingerprint density at radius 1 is 1.25 bits per heavy atom. The molecule has 1 N–H and O–H groups in total. The maximum absolute atomic E-state index is 6.01. The zero-order valence-electron chi connectivity index (χ0n) is 10.6. The largest absolute Gasteiger partial charge is 0.370 e. The summed E-state index contributed by atoms with van der Waals surface area (Å²) in [6, 6.07) is 7.39. The van der Waals surface area contributed by atoms with Crippen LogP contribution in [0.4, 0.5) is 5.82 Å². The minimum atomic E-state index is 0.178. The summed E-state index contributed by atoms with van der Waals surface area (Å²) in [6.07, 6.45) is 1.71. The molecule has 1 aromatic carbocycles. The Bertz CT molecular complexity index is 769. The van der Waals surface area contributed by atoms with Gasteiger partial charge in [-0.05, 0) is 36.7 Å². The lowest BCUT2D eigenvalue weighted by Crippen LogP contribution is -2.03. The van der Waals surface area contributed by atoms with Gasteiger partial charge in [0.25, 0.3) is 0 Å². The molecule has 0 spiro atoms. The number of rotatable bonds is 3. The molecule has 0 saturated carbocycles. The molecule has 0 fully saturated rings. The number of benzene rings is 1. The second-order valence-corrected chi connectivity index (χ2v) is 4.92. The van der Waals surface area contributed by atoms with Crippen LogP contribution in [0.1, 0.15) is 6.92 Å². The number of nitrogens with zero attached hydrogens (tertiary/aromatic N) is 4. The Labute approximate surface area is 125 Å². The topological polar surface area (TPSA) is 55.6 Å². The smallest absolute Gasteiger partial charge is 0.226 e. The van der Waals surface area contributed by atoms with Crippen molar-refractivity contribution < 1.29 is 0 Å². The SMILES string of the molecule is CCNc1nc(Cl)nc2c1cnn2-c1cccc(Cl)c1. The summed E-state index contributed by atoms with van der Waals surface area (Å²) in [6.45, 7) is 2.73. The Kier molecular flexibility index (Phi) is 3.46. The molecular weight excluding hydrogens is 297 g/mol. The number of hydrogen-bond donors (Lipinski definition) is 1. The van der Waals surface area contributed by atoms with Crippen molar-refractivity contribution in [1.29, 1.82) is 0 Å². The molecule has 2 aromatic heterocycles. The molecule has 0 bridgehead atoms. The van der Waals surface area contributed by atoms with Crippen LogP contribution in [0, 0.1) is 0 Å². The van der Waals surface area contributed by atoms with E-state index < -0.39 is 0 Å². The van der Waals surface area contributed by atoms with Gasteiger partial charge in [0.05, 0.1) is 17.3 Å². The lowest BCUT2D eigenvalue weighted by Gasteiger charge is -2.06. The van der Waals surface area contributed by atoms with Gasteiger partial charge in [-0.2, -0.15) is 15.1 Å². The van der Waals surface area contributed by atoms with E-state index in [1.54, 1.807) is 10.9 Å². The molecule has 102 valence electrons. The van der Waals surface area contributed by atoms with Crippen molar-refractivity contribution >= 4 is 40.1 Å². The first kappa shape index (κ1) is 13.1. The van der Waals surface area contributed by atoms with Crippen LogP contribution in [0.25, 0.3) is 16.7 Å². The van der Waals surface area contributed by atoms with Gasteiger partial charge in [-0.1, -0.05) is 17.7 Å². The van der Waals surface area contributed by atoms with Crippen molar-refractivity contribution in [2.45, 2.75) is 6.92 Å². The molecule has 0 radical (unpaired) electrons. The van der Waals surface area contributed by atoms with E-state index in [2.05, 4.69) is 20.4 Å². The monoisotopic (exact) mass is 307 g/mol. The van der Waals surface area contributed by atoms with Gasteiger partial charge in [-0.15, -0.1) is 0 Å². The third-order valence-electron chi connectivity index (χ3n) is 2.80. The van der Waals surface area contributed by atoms with Gasteiger partial charge in [0.2, 0.25) is 5.28 Å². The minimum absolute atomic E-state index is 0.178. The van der Waals surface area contributed by atoms with E-state index >= 15 is 0 Å². The summed E-state index contributed by atoms with van der Waals surface area (Å²) in [5.74, 6) is 0.677. The lowest BCUT2D eigenvalue weighted by molar-refractivity contribution is 0.895. The van der Waals surface area contributed by atoms with E-state index in [1.165, 1.54) is 0 Å². The first-order chi connectivity index (χ1) is 9.69. The summed E-state index contributed by atoms with van der Waals surface area (Å²) in [5, 5.41) is 9.13. The van der Waals surface area contributed by atoms with Crippen LogP contribution >= 0.6 is 23.2 Å². The molecule has 0 atom stereocenters. The van der Waals surface area contributed by atoms with E-state index in [9.17, 15) is 0 Å². The molecule has 0 amide bonds. The first-order valence-corrected chi connectivity index (χ1v) is 6.85. The zero-order valence-corrected chi connectivity index (χ0v) is 12.2. The van der Waals surface area contributed by atoms with Crippen molar-refractivity contribution in [2.24, 2.45) is 0 Å². The third kappa shape index (κ3) is 2.30. The Morgan fingerprint density at radius 2 is 2.10 bits per heavy atom. The summed E-state index contributed by atoms with van der Waals surface area (Å²) in [5.41, 5.74) is 1.47. The maximum Gasteiger partial charge on any atom is 0.226 e. The van der Waals surface area contributed by atoms with Gasteiger partial charge in [0, 0.05) is 11.6 Å². The highest BCUT2D eigenvalue weighted by atomic mass is 35.5. The summed E-state index contributed by atoms with van der Waals surface area (Å²) >= 11 is 12.0. The molecule has 5 nitrogen and oxygen atoms in total. The van der Waals surface area contributed by atoms with Gasteiger partial charge in [-0.25, -0.2) is 4.68 Å². The van der Waals surface area contributed by atoms with Crippen molar-refractivity contribution in [3.63, 3.8) is 0 Å². The quantitative estimate of drug-likeness (QED) is 0.752. The third-order valence-corrected chi connectivity index (χ3v) is 3.20. The lowest BCUT2D eigenvalue weighted by atomic mass is 10.3. The maximum atomic E-state index is 6.01. The van der Waals surface area contributed by atoms with Crippen LogP contribution in [-0.4, -0.2) is 26.3 Å². The van der Waals surface area contributed by atoms with E-state index in [4.69, 9.17) is 23.2 Å². The summed E-state index contributed by atoms with van der Waals surface area (Å²) in [7, 11) is 0. The van der Waals surface area contributed by atoms with Gasteiger partial charge >= 0.3 is 0 Å². The van der Waals surface area contributed by atoms with E-state index in [0.717, 1.165) is 17.6 Å². The predicted octanol–water partition coefficient (Wildman–Crippen LogP) is 3.55. The van der Waals surface area contributed by atoms with Crippen LogP contribution in [0.15, 0.2) is 30.5 Å². The van der Waals surface area contributed by atoms with Crippen LogP contribution < -0.4 is 5.32 Å². The Balaban J connectivity index is 2.23. The number of fused-ring (bicyclic) bond motifs is 1. The average molecular weight is 308 g/mol. The fourth-order valence-electron chi connectivity index (χ4n) is 1.98. The highest BCUT2D eigenvalue weighted by Gasteiger charge is 2.13. The summed E-state index contributed by atoms with van der Waals surface area (Å²) < 4.78 is 1.69. The van der Waals surface area contributed by atoms with E-state index in [-0.39, 0.29) is 5.28 Å². The van der Waals surface area contributed by atoms with E-state index in [0.29, 0.717) is 16.5 Å². The standard InChI is InChI=1S/C13H11Cl2N5/c1-2-16-11-10-7-17-20(12(10)19-13(15)18-11)9-5-3-4-8(14)6-9/h3-7H,2H2,1H3,(H,16,18,19). The fraction of sp³-hybridized carbons (Fsp3) is 0.154. The summed E-state index contributed by atoms with van der Waals surface area (Å²) in [4.78, 5) is 8.44. The van der Waals surface area contributed by atoms with Crippen LogP contribution in [-0.2, 0) is 0 Å². The number of anilines is 1. The van der Waals surface area contributed by atoms with Gasteiger partial charge in [-0.3, -0.25) is 0 Å². The normalized spacial score (nSPS) is 10.9. The second kappa shape index (κ2) is 5.26. The fourth-order valence-corrected chi connectivity index (χ4v) is 2.33. The molecule has 7 heteroatoms. The molecule has 3 rings (SSSR count). The van der Waals surface area contributed by atoms with Gasteiger partial charge < -0.3 is 5.32 Å². The molecule has 0 aliphatic carbocycles. The van der Waals surface area contributed by atoms with Gasteiger partial charge in [0.15, 0.2) is 5.65 Å². The average Bonchev–Trinajstić information content (AvgIpc) is 2.82. The molecule has 0 saturated heterocycles. The van der Waals surface area contributed by atoms with Crippen LogP contribution in [0.5, 0.6) is 0 Å². The van der Waals surface area contributed by atoms with Crippen LogP contribution in [0.3, 0.4) is 0 Å². The number of halogens is 2. The van der Waals surface area contributed by atoms with Crippen molar-refractivity contribution in [3.05, 3.63) is 40.8 Å². The van der Waals surface area contributed by atoms with E-state index in [1.807, 2.05) is 31.2 Å². The zero-order chi connectivity index (χ0) is 14.1. The molecule has 3 aromatic rings. The molecule has 0 aliphatic heterocycles. The number of hydrogen-bond acceptors (Lipinski definition) is 4. The Morgan fingerprint density at radius 3 is 2.85 bits per heavy atom. The highest BCUT2D eigenvalue weighted by molar-refractivity contribution is 6.30. The molecule has 2 heterocycles. The Hall–Kier alpha value is -1.85. The van der Waals surface area contributed by atoms with Crippen molar-refractivity contribution in [2.75, 3.05) is 11.9 Å². The van der Waals surface area contributed by atoms with Crippen molar-refractivity contribution in [1.82, 2.24) is 19.7 Å². The molecular formula is C13H11Cl2N5. The first-order valence-electron chi connectivity index (χ1n) is 6.10. The highest BCUT2D eigenvalue weighted by Crippen LogP contribution is 2.25. The van der Waals surface area contributed by atoms with Gasteiger partial charge in [0.1, 0.15) is 5.82 Å². The van der Waals surface area contributed by atoms with Crippen LogP contribution in [0.2, 0.25) is 10.3 Å². The number of nitrogens with one attached hydrogen (secondary N) is 1.